The van der Waals surface area contributed by atoms with Crippen LogP contribution in [-0.2, 0) is 18.9 Å². The van der Waals surface area contributed by atoms with E-state index in [2.05, 4.69) is 13.0 Å². The first-order valence-corrected chi connectivity index (χ1v) is 5.82. The minimum Gasteiger partial charge on any atom is -0.464 e. The quantitative estimate of drug-likeness (QED) is 0.742. The van der Waals surface area contributed by atoms with Crippen molar-refractivity contribution < 1.29 is 18.9 Å². The van der Waals surface area contributed by atoms with E-state index in [1.807, 2.05) is 13.8 Å². The van der Waals surface area contributed by atoms with Gasteiger partial charge in [-0.2, -0.15) is 0 Å². The van der Waals surface area contributed by atoms with E-state index in [9.17, 15) is 0 Å². The first kappa shape index (κ1) is 11.9. The molecule has 92 valence electrons. The molecule has 0 spiro atoms. The highest BCUT2D eigenvalue weighted by atomic mass is 16.8. The van der Waals surface area contributed by atoms with Gasteiger partial charge in [-0.05, 0) is 26.3 Å². The van der Waals surface area contributed by atoms with Crippen LogP contribution in [0.2, 0.25) is 0 Å². The van der Waals surface area contributed by atoms with E-state index in [1.54, 1.807) is 7.11 Å². The van der Waals surface area contributed by atoms with Crippen molar-refractivity contribution in [3.8, 4) is 0 Å². The van der Waals surface area contributed by atoms with E-state index in [1.165, 1.54) is 0 Å². The summed E-state index contributed by atoms with van der Waals surface area (Å²) in [5.41, 5.74) is 0. The normalized spacial score (nSPS) is 38.8. The van der Waals surface area contributed by atoms with Crippen LogP contribution in [0, 0.1) is 0 Å². The summed E-state index contributed by atoms with van der Waals surface area (Å²) in [6, 6.07) is 0. The van der Waals surface area contributed by atoms with Gasteiger partial charge in [0.15, 0.2) is 18.0 Å². The second-order valence-electron chi connectivity index (χ2n) is 4.64. The molecule has 0 N–H and O–H groups in total. The molecule has 3 atom stereocenters. The Morgan fingerprint density at radius 3 is 2.75 bits per heavy atom. The molecule has 0 aromatic carbocycles. The van der Waals surface area contributed by atoms with Crippen molar-refractivity contribution in [2.45, 2.75) is 57.9 Å². The zero-order valence-corrected chi connectivity index (χ0v) is 10.4. The molecule has 2 fully saturated rings. The van der Waals surface area contributed by atoms with Crippen molar-refractivity contribution >= 4 is 0 Å². The summed E-state index contributed by atoms with van der Waals surface area (Å²) in [5, 5.41) is 0. The van der Waals surface area contributed by atoms with Crippen LogP contribution in [0.15, 0.2) is 11.8 Å². The Hall–Kier alpha value is -0.580. The number of fused-ring (bicyclic) bond motifs is 1. The molecule has 0 aliphatic carbocycles. The van der Waals surface area contributed by atoms with Crippen molar-refractivity contribution in [3.05, 3.63) is 11.8 Å². The Morgan fingerprint density at radius 2 is 2.12 bits per heavy atom. The largest absolute Gasteiger partial charge is 0.464 e. The van der Waals surface area contributed by atoms with Gasteiger partial charge in [0.25, 0.3) is 0 Å². The van der Waals surface area contributed by atoms with E-state index < -0.39 is 5.79 Å². The van der Waals surface area contributed by atoms with Crippen LogP contribution < -0.4 is 0 Å². The lowest BCUT2D eigenvalue weighted by Crippen LogP contribution is -2.30. The molecular formula is C12H20O4. The number of allylic oxidation sites excluding steroid dienone is 1. The smallest absolute Gasteiger partial charge is 0.228 e. The van der Waals surface area contributed by atoms with E-state index in [-0.39, 0.29) is 18.5 Å². The Morgan fingerprint density at radius 1 is 1.38 bits per heavy atom. The van der Waals surface area contributed by atoms with Crippen molar-refractivity contribution in [2.75, 3.05) is 7.11 Å². The van der Waals surface area contributed by atoms with Gasteiger partial charge in [-0.3, -0.25) is 0 Å². The first-order valence-electron chi connectivity index (χ1n) is 5.82. The molecule has 2 heterocycles. The van der Waals surface area contributed by atoms with Crippen LogP contribution in [0.25, 0.3) is 0 Å². The number of ether oxygens (including phenoxy) is 4. The van der Waals surface area contributed by atoms with Crippen molar-refractivity contribution in [1.29, 1.82) is 0 Å². The molecule has 0 amide bonds. The van der Waals surface area contributed by atoms with Gasteiger partial charge in [-0.1, -0.05) is 13.3 Å². The van der Waals surface area contributed by atoms with Crippen LogP contribution in [-0.4, -0.2) is 31.4 Å². The third-order valence-electron chi connectivity index (χ3n) is 2.80. The fraction of sp³-hybridized carbons (Fsp3) is 0.833. The Bertz CT molecular complexity index is 285. The minimum absolute atomic E-state index is 0.119. The standard InChI is InChI=1S/C12H20O4/c1-5-6-7-8-9-10(11(13-4)14-8)16-12(2,3)15-9/h7,9-11H,5-6H2,1-4H3/b8-7+/t9-,10-,11?/m0/s1. The number of unbranched alkanes of at least 4 members (excludes halogenated alkanes) is 1. The highest BCUT2D eigenvalue weighted by molar-refractivity contribution is 5.12. The number of methoxy groups -OCH3 is 1. The van der Waals surface area contributed by atoms with E-state index in [4.69, 9.17) is 18.9 Å². The Balaban J connectivity index is 2.14. The maximum atomic E-state index is 5.82. The third-order valence-corrected chi connectivity index (χ3v) is 2.80. The van der Waals surface area contributed by atoms with Gasteiger partial charge in [0.2, 0.25) is 6.29 Å². The summed E-state index contributed by atoms with van der Waals surface area (Å²) >= 11 is 0. The molecule has 16 heavy (non-hydrogen) atoms. The van der Waals surface area contributed by atoms with Crippen LogP contribution >= 0.6 is 0 Å². The lowest BCUT2D eigenvalue weighted by Gasteiger charge is -2.21. The lowest BCUT2D eigenvalue weighted by molar-refractivity contribution is -0.201. The van der Waals surface area contributed by atoms with Crippen molar-refractivity contribution in [3.63, 3.8) is 0 Å². The summed E-state index contributed by atoms with van der Waals surface area (Å²) in [6.45, 7) is 5.96. The molecule has 1 unspecified atom stereocenters. The monoisotopic (exact) mass is 228 g/mol. The lowest BCUT2D eigenvalue weighted by atomic mass is 10.2. The van der Waals surface area contributed by atoms with Gasteiger partial charge in [0, 0.05) is 7.11 Å². The highest BCUT2D eigenvalue weighted by Gasteiger charge is 2.53. The zero-order valence-electron chi connectivity index (χ0n) is 10.4. The summed E-state index contributed by atoms with van der Waals surface area (Å²) in [7, 11) is 1.62. The number of rotatable bonds is 3. The molecule has 0 aromatic rings. The summed E-state index contributed by atoms with van der Waals surface area (Å²) in [4.78, 5) is 0. The maximum absolute atomic E-state index is 5.82. The van der Waals surface area contributed by atoms with Gasteiger partial charge >= 0.3 is 0 Å². The summed E-state index contributed by atoms with van der Waals surface area (Å²) in [5.74, 6) is 0.297. The van der Waals surface area contributed by atoms with E-state index >= 15 is 0 Å². The fourth-order valence-corrected chi connectivity index (χ4v) is 2.11. The third kappa shape index (κ3) is 2.10. The molecule has 0 radical (unpaired) electrons. The van der Waals surface area contributed by atoms with Gasteiger partial charge < -0.3 is 18.9 Å². The molecule has 4 nitrogen and oxygen atoms in total. The number of hydrogen-bond acceptors (Lipinski definition) is 4. The Labute approximate surface area is 96.5 Å². The zero-order chi connectivity index (χ0) is 11.8. The molecular weight excluding hydrogens is 208 g/mol. The molecule has 0 bridgehead atoms. The average Bonchev–Trinajstić information content (AvgIpc) is 2.69. The minimum atomic E-state index is -0.554. The van der Waals surface area contributed by atoms with Crippen LogP contribution in [0.5, 0.6) is 0 Å². The van der Waals surface area contributed by atoms with E-state index in [0.717, 1.165) is 18.6 Å². The van der Waals surface area contributed by atoms with Gasteiger partial charge in [0.1, 0.15) is 5.76 Å². The van der Waals surface area contributed by atoms with Crippen molar-refractivity contribution in [1.82, 2.24) is 0 Å². The average molecular weight is 228 g/mol. The van der Waals surface area contributed by atoms with Gasteiger partial charge in [-0.25, -0.2) is 0 Å². The van der Waals surface area contributed by atoms with Crippen LogP contribution in [0.3, 0.4) is 0 Å². The van der Waals surface area contributed by atoms with Gasteiger partial charge in [-0.15, -0.1) is 0 Å². The fourth-order valence-electron chi connectivity index (χ4n) is 2.11. The van der Waals surface area contributed by atoms with Crippen LogP contribution in [0.4, 0.5) is 0 Å². The summed E-state index contributed by atoms with van der Waals surface area (Å²) < 4.78 is 22.5. The maximum Gasteiger partial charge on any atom is 0.228 e. The van der Waals surface area contributed by atoms with Crippen molar-refractivity contribution in [2.24, 2.45) is 0 Å². The molecule has 0 aromatic heterocycles. The Kier molecular flexibility index (Phi) is 3.24. The highest BCUT2D eigenvalue weighted by Crippen LogP contribution is 2.40. The van der Waals surface area contributed by atoms with Crippen LogP contribution in [0.1, 0.15) is 33.6 Å². The molecule has 2 saturated heterocycles. The molecule has 2 aliphatic heterocycles. The number of hydrogen-bond donors (Lipinski definition) is 0. The SMILES string of the molecule is CCC/C=C1/OC(OC)[C@H]2OC(C)(C)O[C@@H]12. The second-order valence-corrected chi connectivity index (χ2v) is 4.64. The second kappa shape index (κ2) is 4.35. The predicted octanol–water partition coefficient (Wildman–Crippen LogP) is 2.19. The van der Waals surface area contributed by atoms with E-state index in [0.29, 0.717) is 0 Å². The topological polar surface area (TPSA) is 36.9 Å². The van der Waals surface area contributed by atoms with Gasteiger partial charge in [0.05, 0.1) is 0 Å². The molecule has 2 rings (SSSR count). The first-order chi connectivity index (χ1) is 7.57. The molecule has 0 saturated carbocycles. The predicted molar refractivity (Wildman–Crippen MR) is 58.7 cm³/mol. The molecule has 2 aliphatic rings. The summed E-state index contributed by atoms with van der Waals surface area (Å²) in [6.07, 6.45) is 3.52. The molecule has 4 heteroatoms.